The molecule has 0 aliphatic heterocycles. The maximum Gasteiger partial charge on any atom is 0.314 e. The molecule has 0 spiro atoms. The van der Waals surface area contributed by atoms with E-state index in [1.165, 1.54) is 12.7 Å². The first-order chi connectivity index (χ1) is 9.13. The lowest BCUT2D eigenvalue weighted by Gasteiger charge is -2.13. The van der Waals surface area contributed by atoms with Crippen molar-refractivity contribution in [1.29, 1.82) is 0 Å². The average Bonchev–Trinajstić information content (AvgIpc) is 2.90. The van der Waals surface area contributed by atoms with Crippen LogP contribution >= 0.6 is 11.3 Å². The van der Waals surface area contributed by atoms with Crippen LogP contribution in [0.5, 0.6) is 0 Å². The molecule has 6 heteroatoms. The number of urea groups is 1. The highest BCUT2D eigenvalue weighted by molar-refractivity contribution is 7.07. The Morgan fingerprint density at radius 1 is 1.53 bits per heavy atom. The largest absolute Gasteiger partial charge is 0.391 e. The van der Waals surface area contributed by atoms with Crippen molar-refractivity contribution in [3.05, 3.63) is 22.4 Å². The molecule has 2 unspecified atom stereocenters. The molecule has 0 aromatic carbocycles. The topological polar surface area (TPSA) is 70.6 Å². The number of aliphatic hydroxyl groups is 1. The Morgan fingerprint density at radius 3 is 2.95 bits per heavy atom. The monoisotopic (exact) mass is 286 g/mol. The summed E-state index contributed by atoms with van der Waals surface area (Å²) in [6, 6.07) is 1.86. The zero-order valence-electron chi connectivity index (χ0n) is 11.4. The van der Waals surface area contributed by atoms with Crippen LogP contribution in [0.1, 0.15) is 24.8 Å². The fourth-order valence-electron chi connectivity index (χ4n) is 1.61. The molecule has 2 amide bonds. The second kappa shape index (κ2) is 8.90. The van der Waals surface area contributed by atoms with Crippen molar-refractivity contribution in [2.24, 2.45) is 0 Å². The van der Waals surface area contributed by atoms with Gasteiger partial charge in [-0.05, 0) is 34.7 Å². The van der Waals surface area contributed by atoms with Gasteiger partial charge in [-0.25, -0.2) is 4.79 Å². The fraction of sp³-hybridized carbons (Fsp3) is 0.615. The summed E-state index contributed by atoms with van der Waals surface area (Å²) in [7, 11) is 1.54. The Kier molecular flexibility index (Phi) is 7.47. The Morgan fingerprint density at radius 2 is 2.32 bits per heavy atom. The van der Waals surface area contributed by atoms with E-state index in [0.29, 0.717) is 32.0 Å². The molecule has 0 radical (unpaired) electrons. The molecule has 5 nitrogen and oxygen atoms in total. The highest BCUT2D eigenvalue weighted by Crippen LogP contribution is 2.16. The number of methoxy groups -OCH3 is 1. The highest BCUT2D eigenvalue weighted by Gasteiger charge is 2.08. The summed E-state index contributed by atoms with van der Waals surface area (Å²) >= 11 is 1.66. The summed E-state index contributed by atoms with van der Waals surface area (Å²) in [5.41, 5.74) is 1.24. The van der Waals surface area contributed by atoms with E-state index < -0.39 is 6.10 Å². The van der Waals surface area contributed by atoms with E-state index in [9.17, 15) is 9.90 Å². The number of hydrogen-bond donors (Lipinski definition) is 3. The minimum absolute atomic E-state index is 0.202. The molecule has 0 aliphatic rings. The number of amides is 2. The third-order valence-electron chi connectivity index (χ3n) is 2.80. The van der Waals surface area contributed by atoms with E-state index in [1.54, 1.807) is 11.3 Å². The smallest absolute Gasteiger partial charge is 0.314 e. The van der Waals surface area contributed by atoms with Crippen LogP contribution in [0.4, 0.5) is 4.79 Å². The molecule has 0 bridgehead atoms. The zero-order valence-corrected chi connectivity index (χ0v) is 12.2. The molecule has 0 fully saturated rings. The van der Waals surface area contributed by atoms with Gasteiger partial charge in [0.25, 0.3) is 0 Å². The van der Waals surface area contributed by atoms with Crippen LogP contribution in [0, 0.1) is 0 Å². The molecular formula is C13H22N2O3S. The first-order valence-electron chi connectivity index (χ1n) is 6.34. The van der Waals surface area contributed by atoms with Crippen molar-refractivity contribution >= 4 is 17.4 Å². The van der Waals surface area contributed by atoms with Gasteiger partial charge in [-0.2, -0.15) is 11.3 Å². The number of carbonyl (C=O) groups is 1. The summed E-state index contributed by atoms with van der Waals surface area (Å²) < 4.78 is 4.80. The first-order valence-corrected chi connectivity index (χ1v) is 7.28. The maximum atomic E-state index is 11.5. The van der Waals surface area contributed by atoms with Gasteiger partial charge < -0.3 is 20.5 Å². The van der Waals surface area contributed by atoms with Gasteiger partial charge in [0.15, 0.2) is 0 Å². The molecule has 108 valence electrons. The number of carbonyl (C=O) groups excluding carboxylic acids is 1. The van der Waals surface area contributed by atoms with Crippen LogP contribution in [-0.4, -0.2) is 44.0 Å². The average molecular weight is 286 g/mol. The lowest BCUT2D eigenvalue weighted by molar-refractivity contribution is 0.0598. The lowest BCUT2D eigenvalue weighted by atomic mass is 10.1. The number of rotatable bonds is 8. The van der Waals surface area contributed by atoms with Crippen LogP contribution in [0.3, 0.4) is 0 Å². The van der Waals surface area contributed by atoms with E-state index in [-0.39, 0.29) is 6.03 Å². The van der Waals surface area contributed by atoms with Gasteiger partial charge in [-0.3, -0.25) is 0 Å². The number of aliphatic hydroxyl groups excluding tert-OH is 1. The first kappa shape index (κ1) is 15.9. The van der Waals surface area contributed by atoms with Crippen LogP contribution in [0.2, 0.25) is 0 Å². The van der Waals surface area contributed by atoms with Crippen LogP contribution in [-0.2, 0) is 4.74 Å². The normalized spacial score (nSPS) is 13.8. The summed E-state index contributed by atoms with van der Waals surface area (Å²) in [4.78, 5) is 11.5. The molecule has 1 aromatic heterocycles. The Balaban J connectivity index is 2.11. The maximum absolute atomic E-state index is 11.5. The minimum Gasteiger partial charge on any atom is -0.391 e. The van der Waals surface area contributed by atoms with Crippen molar-refractivity contribution in [1.82, 2.24) is 10.6 Å². The Labute approximate surface area is 118 Å². The second-order valence-electron chi connectivity index (χ2n) is 4.49. The van der Waals surface area contributed by atoms with Gasteiger partial charge in [0, 0.05) is 20.2 Å². The van der Waals surface area contributed by atoms with Gasteiger partial charge in [0.1, 0.15) is 0 Å². The molecule has 1 heterocycles. The number of nitrogens with one attached hydrogen (secondary N) is 2. The van der Waals surface area contributed by atoms with E-state index >= 15 is 0 Å². The standard InChI is InChI=1S/C13H22N2O3S/c1-10(11-4-6-19-9-11)7-15-13(17)14-5-3-12(16)8-18-2/h4,6,9-10,12,16H,3,5,7-8H2,1-2H3,(H2,14,15,17). The third kappa shape index (κ3) is 6.56. The van der Waals surface area contributed by atoms with Crippen molar-refractivity contribution in [2.75, 3.05) is 26.8 Å². The highest BCUT2D eigenvalue weighted by atomic mass is 32.1. The Bertz CT molecular complexity index is 357. The van der Waals surface area contributed by atoms with Crippen molar-refractivity contribution in [2.45, 2.75) is 25.4 Å². The van der Waals surface area contributed by atoms with Crippen molar-refractivity contribution in [3.8, 4) is 0 Å². The number of hydrogen-bond acceptors (Lipinski definition) is 4. The summed E-state index contributed by atoms with van der Waals surface area (Å²) in [6.45, 7) is 3.40. The molecule has 19 heavy (non-hydrogen) atoms. The lowest BCUT2D eigenvalue weighted by Crippen LogP contribution is -2.38. The van der Waals surface area contributed by atoms with E-state index in [0.717, 1.165) is 0 Å². The Hall–Kier alpha value is -1.11. The van der Waals surface area contributed by atoms with E-state index in [2.05, 4.69) is 29.0 Å². The van der Waals surface area contributed by atoms with Crippen molar-refractivity contribution in [3.63, 3.8) is 0 Å². The van der Waals surface area contributed by atoms with Crippen LogP contribution in [0.15, 0.2) is 16.8 Å². The molecule has 1 aromatic rings. The quantitative estimate of drug-likeness (QED) is 0.679. The van der Waals surface area contributed by atoms with E-state index in [4.69, 9.17) is 4.74 Å². The van der Waals surface area contributed by atoms with Gasteiger partial charge in [0.2, 0.25) is 0 Å². The summed E-state index contributed by atoms with van der Waals surface area (Å²) in [5, 5.41) is 19.1. The predicted octanol–water partition coefficient (Wildman–Crippen LogP) is 1.55. The second-order valence-corrected chi connectivity index (χ2v) is 5.27. The SMILES string of the molecule is COCC(O)CCNC(=O)NCC(C)c1ccsc1. The third-order valence-corrected chi connectivity index (χ3v) is 3.50. The molecule has 2 atom stereocenters. The number of thiophene rings is 1. The molecule has 0 saturated heterocycles. The summed E-state index contributed by atoms with van der Waals surface area (Å²) in [5.74, 6) is 0.302. The zero-order chi connectivity index (χ0) is 14.1. The van der Waals surface area contributed by atoms with Gasteiger partial charge in [-0.15, -0.1) is 0 Å². The minimum atomic E-state index is -0.532. The molecule has 3 N–H and O–H groups in total. The van der Waals surface area contributed by atoms with Gasteiger partial charge >= 0.3 is 6.03 Å². The van der Waals surface area contributed by atoms with Crippen molar-refractivity contribution < 1.29 is 14.6 Å². The number of ether oxygens (including phenoxy) is 1. The van der Waals surface area contributed by atoms with Gasteiger partial charge in [-0.1, -0.05) is 6.92 Å². The molecule has 0 aliphatic carbocycles. The fourth-order valence-corrected chi connectivity index (χ4v) is 2.39. The van der Waals surface area contributed by atoms with Crippen LogP contribution in [0.25, 0.3) is 0 Å². The summed E-state index contributed by atoms with van der Waals surface area (Å²) in [6.07, 6.45) is -0.0449. The van der Waals surface area contributed by atoms with Gasteiger partial charge in [0.05, 0.1) is 12.7 Å². The van der Waals surface area contributed by atoms with Crippen LogP contribution < -0.4 is 10.6 Å². The molecular weight excluding hydrogens is 264 g/mol. The molecule has 1 rings (SSSR count). The van der Waals surface area contributed by atoms with E-state index in [1.807, 2.05) is 5.38 Å². The predicted molar refractivity (Wildman–Crippen MR) is 76.6 cm³/mol. The molecule has 0 saturated carbocycles.